The first-order valence-electron chi connectivity index (χ1n) is 5.38. The maximum absolute atomic E-state index is 9.01. The summed E-state index contributed by atoms with van der Waals surface area (Å²) in [5.74, 6) is 0. The van der Waals surface area contributed by atoms with E-state index in [2.05, 4.69) is 12.2 Å². The molecule has 0 aliphatic carbocycles. The molecule has 0 radical (unpaired) electrons. The zero-order valence-electron chi connectivity index (χ0n) is 9.04. The van der Waals surface area contributed by atoms with Gasteiger partial charge in [0.15, 0.2) is 0 Å². The molecular weight excluding hydrogens is 210 g/mol. The van der Waals surface area contributed by atoms with Crippen LogP contribution in [0.15, 0.2) is 24.3 Å². The van der Waals surface area contributed by atoms with Gasteiger partial charge in [-0.15, -0.1) is 0 Å². The molecule has 0 fully saturated rings. The molecule has 0 saturated heterocycles. The summed E-state index contributed by atoms with van der Waals surface area (Å²) in [6.07, 6.45) is 1.77. The van der Waals surface area contributed by atoms with Crippen LogP contribution in [0.3, 0.4) is 0 Å². The fourth-order valence-corrected chi connectivity index (χ4v) is 1.84. The molecule has 0 amide bonds. The largest absolute Gasteiger partial charge is 0.396 e. The number of hydrogen-bond acceptors (Lipinski definition) is 2. The van der Waals surface area contributed by atoms with Gasteiger partial charge in [-0.05, 0) is 31.0 Å². The normalized spacial score (nSPS) is 12.7. The summed E-state index contributed by atoms with van der Waals surface area (Å²) in [5.41, 5.74) is 1.07. The van der Waals surface area contributed by atoms with E-state index < -0.39 is 0 Å². The number of hydrogen-bond donors (Lipinski definition) is 2. The summed E-state index contributed by atoms with van der Waals surface area (Å²) in [6, 6.07) is 7.94. The zero-order valence-corrected chi connectivity index (χ0v) is 9.80. The predicted octanol–water partition coefficient (Wildman–Crippen LogP) is 2.76. The van der Waals surface area contributed by atoms with Crippen LogP contribution in [-0.4, -0.2) is 18.3 Å². The second-order valence-corrected chi connectivity index (χ2v) is 3.95. The van der Waals surface area contributed by atoms with E-state index in [1.807, 2.05) is 24.3 Å². The van der Waals surface area contributed by atoms with Gasteiger partial charge < -0.3 is 10.4 Å². The van der Waals surface area contributed by atoms with Crippen molar-refractivity contribution >= 4 is 11.6 Å². The third-order valence-corrected chi connectivity index (χ3v) is 2.68. The number of nitrogens with one attached hydrogen (secondary N) is 1. The SMILES string of the molecule is CCCNC(CCO)c1ccccc1Cl. The van der Waals surface area contributed by atoms with Gasteiger partial charge in [0.1, 0.15) is 0 Å². The van der Waals surface area contributed by atoms with Gasteiger partial charge in [0, 0.05) is 17.7 Å². The van der Waals surface area contributed by atoms with Gasteiger partial charge in [0.25, 0.3) is 0 Å². The van der Waals surface area contributed by atoms with Crippen molar-refractivity contribution in [1.29, 1.82) is 0 Å². The molecule has 0 aromatic heterocycles. The quantitative estimate of drug-likeness (QED) is 0.784. The highest BCUT2D eigenvalue weighted by atomic mass is 35.5. The van der Waals surface area contributed by atoms with E-state index in [4.69, 9.17) is 16.7 Å². The Labute approximate surface area is 96.3 Å². The molecule has 0 bridgehead atoms. The predicted molar refractivity (Wildman–Crippen MR) is 64.2 cm³/mol. The lowest BCUT2D eigenvalue weighted by Gasteiger charge is -2.19. The number of aliphatic hydroxyl groups is 1. The summed E-state index contributed by atoms with van der Waals surface area (Å²) >= 11 is 6.11. The van der Waals surface area contributed by atoms with Crippen LogP contribution in [-0.2, 0) is 0 Å². The molecule has 1 aromatic carbocycles. The molecule has 1 aromatic rings. The van der Waals surface area contributed by atoms with E-state index in [1.54, 1.807) is 0 Å². The van der Waals surface area contributed by atoms with Crippen molar-refractivity contribution < 1.29 is 5.11 Å². The number of benzene rings is 1. The fourth-order valence-electron chi connectivity index (χ4n) is 1.57. The molecule has 0 aliphatic heterocycles. The monoisotopic (exact) mass is 227 g/mol. The molecule has 2 N–H and O–H groups in total. The lowest BCUT2D eigenvalue weighted by molar-refractivity contribution is 0.265. The number of rotatable bonds is 6. The minimum Gasteiger partial charge on any atom is -0.396 e. The minimum atomic E-state index is 0.156. The average Bonchev–Trinajstić information content (AvgIpc) is 2.25. The van der Waals surface area contributed by atoms with Crippen LogP contribution < -0.4 is 5.32 Å². The van der Waals surface area contributed by atoms with Crippen molar-refractivity contribution in [3.05, 3.63) is 34.9 Å². The van der Waals surface area contributed by atoms with E-state index in [1.165, 1.54) is 0 Å². The van der Waals surface area contributed by atoms with Crippen LogP contribution in [0.4, 0.5) is 0 Å². The lowest BCUT2D eigenvalue weighted by atomic mass is 10.0. The Morgan fingerprint density at radius 2 is 2.13 bits per heavy atom. The average molecular weight is 228 g/mol. The Hall–Kier alpha value is -0.570. The molecule has 0 aliphatic rings. The molecule has 15 heavy (non-hydrogen) atoms. The van der Waals surface area contributed by atoms with Crippen LogP contribution in [0.2, 0.25) is 5.02 Å². The van der Waals surface area contributed by atoms with Gasteiger partial charge in [-0.1, -0.05) is 36.7 Å². The Morgan fingerprint density at radius 1 is 1.40 bits per heavy atom. The molecule has 0 spiro atoms. The smallest absolute Gasteiger partial charge is 0.0453 e. The first-order valence-corrected chi connectivity index (χ1v) is 5.76. The molecule has 0 saturated carbocycles. The first-order chi connectivity index (χ1) is 7.29. The Balaban J connectivity index is 2.74. The third-order valence-electron chi connectivity index (χ3n) is 2.34. The standard InChI is InChI=1S/C12H18ClNO/c1-2-8-14-12(7-9-15)10-5-3-4-6-11(10)13/h3-6,12,14-15H,2,7-9H2,1H3. The maximum Gasteiger partial charge on any atom is 0.0453 e. The van der Waals surface area contributed by atoms with Gasteiger partial charge in [0.2, 0.25) is 0 Å². The van der Waals surface area contributed by atoms with Crippen molar-refractivity contribution in [2.75, 3.05) is 13.2 Å². The molecule has 1 unspecified atom stereocenters. The van der Waals surface area contributed by atoms with Crippen molar-refractivity contribution in [3.63, 3.8) is 0 Å². The highest BCUT2D eigenvalue weighted by Gasteiger charge is 2.12. The third kappa shape index (κ3) is 3.82. The molecule has 0 heterocycles. The minimum absolute atomic E-state index is 0.156. The van der Waals surface area contributed by atoms with E-state index in [9.17, 15) is 0 Å². The first kappa shape index (κ1) is 12.5. The van der Waals surface area contributed by atoms with Gasteiger partial charge >= 0.3 is 0 Å². The highest BCUT2D eigenvalue weighted by molar-refractivity contribution is 6.31. The topological polar surface area (TPSA) is 32.3 Å². The van der Waals surface area contributed by atoms with Gasteiger partial charge in [-0.2, -0.15) is 0 Å². The van der Waals surface area contributed by atoms with Crippen LogP contribution in [0, 0.1) is 0 Å². The van der Waals surface area contributed by atoms with Gasteiger partial charge in [-0.25, -0.2) is 0 Å². The van der Waals surface area contributed by atoms with E-state index in [0.717, 1.165) is 23.6 Å². The zero-order chi connectivity index (χ0) is 11.1. The Bertz CT molecular complexity index is 291. The van der Waals surface area contributed by atoms with Crippen molar-refractivity contribution in [2.45, 2.75) is 25.8 Å². The van der Waals surface area contributed by atoms with Crippen LogP contribution in [0.5, 0.6) is 0 Å². The fraction of sp³-hybridized carbons (Fsp3) is 0.500. The molecule has 1 rings (SSSR count). The molecule has 2 nitrogen and oxygen atoms in total. The summed E-state index contributed by atoms with van der Waals surface area (Å²) in [7, 11) is 0. The highest BCUT2D eigenvalue weighted by Crippen LogP contribution is 2.24. The second kappa shape index (κ2) is 6.83. The Kier molecular flexibility index (Phi) is 5.69. The second-order valence-electron chi connectivity index (χ2n) is 3.54. The van der Waals surface area contributed by atoms with Gasteiger partial charge in [-0.3, -0.25) is 0 Å². The van der Waals surface area contributed by atoms with Crippen molar-refractivity contribution in [3.8, 4) is 0 Å². The summed E-state index contributed by atoms with van der Waals surface area (Å²) in [6.45, 7) is 3.23. The summed E-state index contributed by atoms with van der Waals surface area (Å²) < 4.78 is 0. The molecule has 3 heteroatoms. The Morgan fingerprint density at radius 3 is 2.73 bits per heavy atom. The van der Waals surface area contributed by atoms with Crippen LogP contribution >= 0.6 is 11.6 Å². The number of halogens is 1. The van der Waals surface area contributed by atoms with Crippen LogP contribution in [0.25, 0.3) is 0 Å². The molecular formula is C12H18ClNO. The molecule has 84 valence electrons. The van der Waals surface area contributed by atoms with Crippen LogP contribution in [0.1, 0.15) is 31.4 Å². The van der Waals surface area contributed by atoms with E-state index in [0.29, 0.717) is 6.42 Å². The summed E-state index contributed by atoms with van der Waals surface area (Å²) in [4.78, 5) is 0. The van der Waals surface area contributed by atoms with Gasteiger partial charge in [0.05, 0.1) is 0 Å². The summed E-state index contributed by atoms with van der Waals surface area (Å²) in [5, 5.41) is 13.2. The van der Waals surface area contributed by atoms with Crippen molar-refractivity contribution in [2.24, 2.45) is 0 Å². The maximum atomic E-state index is 9.01. The van der Waals surface area contributed by atoms with E-state index >= 15 is 0 Å². The van der Waals surface area contributed by atoms with E-state index in [-0.39, 0.29) is 12.6 Å². The lowest BCUT2D eigenvalue weighted by Crippen LogP contribution is -2.23. The van der Waals surface area contributed by atoms with Crippen molar-refractivity contribution in [1.82, 2.24) is 5.32 Å². The number of aliphatic hydroxyl groups excluding tert-OH is 1. The molecule has 1 atom stereocenters.